The van der Waals surface area contributed by atoms with Crippen molar-refractivity contribution in [3.8, 4) is 5.69 Å². The van der Waals surface area contributed by atoms with Crippen molar-refractivity contribution in [1.82, 2.24) is 20.6 Å². The van der Waals surface area contributed by atoms with Gasteiger partial charge in [0.1, 0.15) is 5.82 Å². The highest BCUT2D eigenvalue weighted by atomic mass is 16.2. The lowest BCUT2D eigenvalue weighted by Crippen LogP contribution is -2.50. The van der Waals surface area contributed by atoms with Gasteiger partial charge in [0.15, 0.2) is 0 Å². The van der Waals surface area contributed by atoms with Crippen LogP contribution in [-0.4, -0.2) is 27.5 Å². The first-order valence-corrected chi connectivity index (χ1v) is 7.72. The SMILES string of the molecule is Cc1cc(NC(=O)C(=O)NNC(=O)C(C)(C)C)n(-c2ccccc2)n1. The summed E-state index contributed by atoms with van der Waals surface area (Å²) in [6.07, 6.45) is 0. The number of benzene rings is 1. The van der Waals surface area contributed by atoms with Gasteiger partial charge in [-0.15, -0.1) is 0 Å². The van der Waals surface area contributed by atoms with Crippen molar-refractivity contribution in [3.05, 3.63) is 42.1 Å². The summed E-state index contributed by atoms with van der Waals surface area (Å²) in [4.78, 5) is 35.6. The third-order valence-corrected chi connectivity index (χ3v) is 3.25. The van der Waals surface area contributed by atoms with E-state index in [-0.39, 0.29) is 0 Å². The number of aromatic nitrogens is 2. The van der Waals surface area contributed by atoms with Crippen molar-refractivity contribution in [3.63, 3.8) is 0 Å². The maximum atomic E-state index is 12.1. The lowest BCUT2D eigenvalue weighted by atomic mass is 9.96. The van der Waals surface area contributed by atoms with Crippen LogP contribution in [0.4, 0.5) is 5.82 Å². The zero-order valence-corrected chi connectivity index (χ0v) is 14.6. The molecule has 0 fully saturated rings. The van der Waals surface area contributed by atoms with Gasteiger partial charge >= 0.3 is 11.8 Å². The van der Waals surface area contributed by atoms with E-state index in [1.54, 1.807) is 33.8 Å². The molecule has 1 heterocycles. The number of carbonyl (C=O) groups excluding carboxylic acids is 3. The number of anilines is 1. The highest BCUT2D eigenvalue weighted by molar-refractivity contribution is 6.39. The lowest BCUT2D eigenvalue weighted by Gasteiger charge is -2.17. The second-order valence-corrected chi connectivity index (χ2v) is 6.53. The molecule has 8 heteroatoms. The molecule has 2 aromatic rings. The van der Waals surface area contributed by atoms with Gasteiger partial charge in [0, 0.05) is 11.5 Å². The highest BCUT2D eigenvalue weighted by Crippen LogP contribution is 2.16. The van der Waals surface area contributed by atoms with E-state index in [4.69, 9.17) is 0 Å². The van der Waals surface area contributed by atoms with Gasteiger partial charge in [-0.25, -0.2) is 4.68 Å². The van der Waals surface area contributed by atoms with E-state index in [0.29, 0.717) is 11.5 Å². The van der Waals surface area contributed by atoms with Crippen molar-refractivity contribution in [1.29, 1.82) is 0 Å². The molecule has 0 saturated heterocycles. The minimum Gasteiger partial charge on any atom is -0.302 e. The molecule has 2 rings (SSSR count). The maximum absolute atomic E-state index is 12.1. The van der Waals surface area contributed by atoms with Gasteiger partial charge < -0.3 is 5.32 Å². The van der Waals surface area contributed by atoms with Crippen molar-refractivity contribution < 1.29 is 14.4 Å². The third-order valence-electron chi connectivity index (χ3n) is 3.25. The smallest absolute Gasteiger partial charge is 0.302 e. The topological polar surface area (TPSA) is 105 Å². The van der Waals surface area contributed by atoms with E-state index >= 15 is 0 Å². The summed E-state index contributed by atoms with van der Waals surface area (Å²) in [7, 11) is 0. The van der Waals surface area contributed by atoms with Crippen molar-refractivity contribution in [2.24, 2.45) is 5.41 Å². The number of hydrazine groups is 1. The first-order valence-electron chi connectivity index (χ1n) is 7.72. The second kappa shape index (κ2) is 7.16. The number of carbonyl (C=O) groups is 3. The Morgan fingerprint density at radius 3 is 2.24 bits per heavy atom. The molecule has 0 unspecified atom stereocenters. The fourth-order valence-corrected chi connectivity index (χ4v) is 1.89. The molecule has 0 aliphatic heterocycles. The maximum Gasteiger partial charge on any atom is 0.328 e. The fourth-order valence-electron chi connectivity index (χ4n) is 1.89. The Hall–Kier alpha value is -3.16. The summed E-state index contributed by atoms with van der Waals surface area (Å²) in [5, 5.41) is 6.79. The number of amides is 3. The largest absolute Gasteiger partial charge is 0.328 e. The molecule has 0 bridgehead atoms. The molecule has 0 spiro atoms. The number of nitrogens with zero attached hydrogens (tertiary/aromatic N) is 2. The first kappa shape index (κ1) is 18.2. The van der Waals surface area contributed by atoms with Crippen LogP contribution in [0.3, 0.4) is 0 Å². The zero-order valence-electron chi connectivity index (χ0n) is 14.6. The molecule has 132 valence electrons. The predicted molar refractivity (Wildman–Crippen MR) is 92.7 cm³/mol. The molecule has 0 aliphatic carbocycles. The standard InChI is InChI=1S/C17H21N5O3/c1-11-10-13(22(21-11)12-8-6-5-7-9-12)18-14(23)15(24)19-20-16(25)17(2,3)4/h5-10H,1-4H3,(H,18,23)(H,19,24)(H,20,25). The van der Waals surface area contributed by atoms with E-state index in [9.17, 15) is 14.4 Å². The second-order valence-electron chi connectivity index (χ2n) is 6.53. The molecule has 0 atom stereocenters. The summed E-state index contributed by atoms with van der Waals surface area (Å²) in [5.41, 5.74) is 5.05. The molecular formula is C17H21N5O3. The molecule has 0 saturated carbocycles. The van der Waals surface area contributed by atoms with Crippen molar-refractivity contribution >= 4 is 23.5 Å². The Morgan fingerprint density at radius 1 is 1.00 bits per heavy atom. The molecule has 0 aliphatic rings. The van der Waals surface area contributed by atoms with Crippen LogP contribution < -0.4 is 16.2 Å². The summed E-state index contributed by atoms with van der Waals surface area (Å²) in [5.74, 6) is -1.94. The van der Waals surface area contributed by atoms with Crippen LogP contribution in [0.25, 0.3) is 5.69 Å². The van der Waals surface area contributed by atoms with Crippen LogP contribution in [-0.2, 0) is 14.4 Å². The Morgan fingerprint density at radius 2 is 1.64 bits per heavy atom. The van der Waals surface area contributed by atoms with E-state index < -0.39 is 23.1 Å². The van der Waals surface area contributed by atoms with Gasteiger partial charge in [-0.3, -0.25) is 25.2 Å². The monoisotopic (exact) mass is 343 g/mol. The van der Waals surface area contributed by atoms with Crippen LogP contribution >= 0.6 is 0 Å². The van der Waals surface area contributed by atoms with Crippen LogP contribution in [0.1, 0.15) is 26.5 Å². The third kappa shape index (κ3) is 4.66. The van der Waals surface area contributed by atoms with Crippen LogP contribution in [0.15, 0.2) is 36.4 Å². The summed E-state index contributed by atoms with van der Waals surface area (Å²) < 4.78 is 1.52. The Kier molecular flexibility index (Phi) is 5.21. The normalized spacial score (nSPS) is 10.9. The fraction of sp³-hybridized carbons (Fsp3) is 0.294. The summed E-state index contributed by atoms with van der Waals surface area (Å²) in [6, 6.07) is 10.8. The number of para-hydroxylation sites is 1. The average Bonchev–Trinajstić information content (AvgIpc) is 2.92. The van der Waals surface area contributed by atoms with Gasteiger partial charge in [0.05, 0.1) is 11.4 Å². The van der Waals surface area contributed by atoms with Crippen LogP contribution in [0.5, 0.6) is 0 Å². The van der Waals surface area contributed by atoms with E-state index in [2.05, 4.69) is 21.3 Å². The highest BCUT2D eigenvalue weighted by Gasteiger charge is 2.23. The Balaban J connectivity index is 2.06. The van der Waals surface area contributed by atoms with Gasteiger partial charge in [-0.2, -0.15) is 5.10 Å². The van der Waals surface area contributed by atoms with Crippen LogP contribution in [0.2, 0.25) is 0 Å². The molecule has 1 aromatic heterocycles. The molecule has 3 N–H and O–H groups in total. The Bertz CT molecular complexity index is 790. The van der Waals surface area contributed by atoms with Gasteiger partial charge in [-0.05, 0) is 19.1 Å². The van der Waals surface area contributed by atoms with Gasteiger partial charge in [-0.1, -0.05) is 39.0 Å². The molecule has 0 radical (unpaired) electrons. The van der Waals surface area contributed by atoms with Gasteiger partial charge in [0.2, 0.25) is 5.91 Å². The number of hydrogen-bond acceptors (Lipinski definition) is 4. The number of aryl methyl sites for hydroxylation is 1. The predicted octanol–water partition coefficient (Wildman–Crippen LogP) is 1.31. The van der Waals surface area contributed by atoms with Crippen molar-refractivity contribution in [2.45, 2.75) is 27.7 Å². The zero-order chi connectivity index (χ0) is 18.6. The molecule has 3 amide bonds. The number of nitrogens with one attached hydrogen (secondary N) is 3. The van der Waals surface area contributed by atoms with Gasteiger partial charge in [0.25, 0.3) is 0 Å². The van der Waals surface area contributed by atoms with Crippen molar-refractivity contribution in [2.75, 3.05) is 5.32 Å². The van der Waals surface area contributed by atoms with Crippen LogP contribution in [0, 0.1) is 12.3 Å². The number of rotatable bonds is 2. The number of hydrogen-bond donors (Lipinski definition) is 3. The Labute approximate surface area is 145 Å². The molecule has 25 heavy (non-hydrogen) atoms. The molecule has 8 nitrogen and oxygen atoms in total. The first-order chi connectivity index (χ1) is 11.7. The van der Waals surface area contributed by atoms with E-state index in [1.807, 2.05) is 30.3 Å². The molecular weight excluding hydrogens is 322 g/mol. The minimum atomic E-state index is -0.976. The van der Waals surface area contributed by atoms with E-state index in [0.717, 1.165) is 5.69 Å². The minimum absolute atomic E-state index is 0.353. The quantitative estimate of drug-likeness (QED) is 0.565. The lowest BCUT2D eigenvalue weighted by molar-refractivity contribution is -0.139. The average molecular weight is 343 g/mol. The summed E-state index contributed by atoms with van der Waals surface area (Å²) in [6.45, 7) is 6.85. The van der Waals surface area contributed by atoms with E-state index in [1.165, 1.54) is 4.68 Å². The molecule has 1 aromatic carbocycles. The summed E-state index contributed by atoms with van der Waals surface area (Å²) >= 11 is 0.